The highest BCUT2D eigenvalue weighted by molar-refractivity contribution is 5.96. The summed E-state index contributed by atoms with van der Waals surface area (Å²) in [7, 11) is 0. The van der Waals surface area contributed by atoms with Crippen molar-refractivity contribution in [2.75, 3.05) is 19.7 Å². The Morgan fingerprint density at radius 1 is 1.18 bits per heavy atom. The molecule has 0 saturated carbocycles. The molecule has 1 saturated heterocycles. The summed E-state index contributed by atoms with van der Waals surface area (Å²) in [6.45, 7) is 5.19. The van der Waals surface area contributed by atoms with Crippen molar-refractivity contribution in [3.63, 3.8) is 0 Å². The monoisotopic (exact) mass is 378 g/mol. The van der Waals surface area contributed by atoms with Crippen LogP contribution in [0.4, 0.5) is 0 Å². The van der Waals surface area contributed by atoms with Gasteiger partial charge in [0.25, 0.3) is 5.91 Å². The van der Waals surface area contributed by atoms with Crippen molar-refractivity contribution >= 4 is 5.91 Å². The van der Waals surface area contributed by atoms with Crippen LogP contribution >= 0.6 is 0 Å². The topological polar surface area (TPSA) is 81.4 Å². The van der Waals surface area contributed by atoms with Gasteiger partial charge >= 0.3 is 0 Å². The lowest BCUT2D eigenvalue weighted by Crippen LogP contribution is -2.29. The molecule has 2 aromatic heterocycles. The van der Waals surface area contributed by atoms with Crippen molar-refractivity contribution in [2.45, 2.75) is 25.7 Å². The van der Waals surface area contributed by atoms with Crippen LogP contribution in [-0.2, 0) is 0 Å². The number of carbonyl (C=O) groups excluding carboxylic acids is 1. The molecule has 1 aliphatic heterocycles. The zero-order valence-corrected chi connectivity index (χ0v) is 15.9. The second kappa shape index (κ2) is 7.80. The molecule has 4 rings (SSSR count). The van der Waals surface area contributed by atoms with E-state index >= 15 is 0 Å². The van der Waals surface area contributed by atoms with Gasteiger partial charge in [0.05, 0.1) is 12.5 Å². The number of hydrogen-bond acceptors (Lipinski definition) is 6. The fourth-order valence-corrected chi connectivity index (χ4v) is 3.70. The highest BCUT2D eigenvalue weighted by atomic mass is 16.5. The molecule has 144 valence electrons. The maximum atomic E-state index is 13.2. The molecule has 3 heterocycles. The average Bonchev–Trinajstić information content (AvgIpc) is 3.35. The Morgan fingerprint density at radius 2 is 1.96 bits per heavy atom. The number of hydrogen-bond donors (Lipinski definition) is 0. The van der Waals surface area contributed by atoms with E-state index < -0.39 is 0 Å². The van der Waals surface area contributed by atoms with Crippen molar-refractivity contribution in [1.29, 1.82) is 0 Å². The van der Waals surface area contributed by atoms with Gasteiger partial charge in [-0.15, -0.1) is 0 Å². The molecule has 2 atom stereocenters. The SMILES string of the molecule is CCOc1ncccc1C(=O)N1C[C@H](c2nc(C)no2)[C@H](c2ccccc2)C1. The zero-order chi connectivity index (χ0) is 19.5. The summed E-state index contributed by atoms with van der Waals surface area (Å²) in [6.07, 6.45) is 1.63. The van der Waals surface area contributed by atoms with E-state index in [2.05, 4.69) is 27.3 Å². The van der Waals surface area contributed by atoms with Crippen molar-refractivity contribution in [2.24, 2.45) is 0 Å². The second-order valence-corrected chi connectivity index (χ2v) is 6.80. The van der Waals surface area contributed by atoms with Gasteiger partial charge in [-0.1, -0.05) is 35.5 Å². The van der Waals surface area contributed by atoms with Crippen molar-refractivity contribution < 1.29 is 14.1 Å². The second-order valence-electron chi connectivity index (χ2n) is 6.80. The van der Waals surface area contributed by atoms with E-state index in [-0.39, 0.29) is 17.7 Å². The standard InChI is InChI=1S/C21H22N4O3/c1-3-27-19-16(10-7-11-22-19)21(26)25-12-17(15-8-5-4-6-9-15)18(13-25)20-23-14(2)24-28-20/h4-11,17-18H,3,12-13H2,1-2H3/t17-,18-/m0/s1. The first-order chi connectivity index (χ1) is 13.7. The van der Waals surface area contributed by atoms with E-state index in [1.54, 1.807) is 25.3 Å². The van der Waals surface area contributed by atoms with E-state index in [1.165, 1.54) is 0 Å². The first kappa shape index (κ1) is 18.2. The Balaban J connectivity index is 1.65. The Kier molecular flexibility index (Phi) is 5.06. The third-order valence-corrected chi connectivity index (χ3v) is 4.98. The van der Waals surface area contributed by atoms with Crippen LogP contribution in [0.15, 0.2) is 53.2 Å². The molecule has 0 N–H and O–H groups in total. The Labute approximate surface area is 163 Å². The Hall–Kier alpha value is -3.22. The third-order valence-electron chi connectivity index (χ3n) is 4.98. The van der Waals surface area contributed by atoms with Crippen LogP contribution in [-0.4, -0.2) is 45.6 Å². The van der Waals surface area contributed by atoms with Crippen molar-refractivity contribution in [3.8, 4) is 5.88 Å². The number of amides is 1. The summed E-state index contributed by atoms with van der Waals surface area (Å²) < 4.78 is 11.0. The number of benzene rings is 1. The number of pyridine rings is 1. The van der Waals surface area contributed by atoms with E-state index in [0.29, 0.717) is 42.9 Å². The highest BCUT2D eigenvalue weighted by Gasteiger charge is 2.41. The summed E-state index contributed by atoms with van der Waals surface area (Å²) in [5, 5.41) is 3.94. The summed E-state index contributed by atoms with van der Waals surface area (Å²) in [6, 6.07) is 13.6. The zero-order valence-electron chi connectivity index (χ0n) is 15.9. The van der Waals surface area contributed by atoms with Crippen LogP contribution in [0.5, 0.6) is 5.88 Å². The molecule has 0 spiro atoms. The lowest BCUT2D eigenvalue weighted by molar-refractivity contribution is 0.0783. The van der Waals surface area contributed by atoms with Gasteiger partial charge in [0, 0.05) is 25.2 Å². The summed E-state index contributed by atoms with van der Waals surface area (Å²) in [5.74, 6) is 1.45. The Bertz CT molecular complexity index is 957. The van der Waals surface area contributed by atoms with Gasteiger partial charge < -0.3 is 14.2 Å². The normalized spacial score (nSPS) is 19.0. The molecule has 7 nitrogen and oxygen atoms in total. The molecule has 1 fully saturated rings. The minimum Gasteiger partial charge on any atom is -0.477 e. The average molecular weight is 378 g/mol. The third kappa shape index (κ3) is 3.47. The van der Waals surface area contributed by atoms with Crippen LogP contribution < -0.4 is 4.74 Å². The van der Waals surface area contributed by atoms with E-state index in [0.717, 1.165) is 5.56 Å². The predicted molar refractivity (Wildman–Crippen MR) is 102 cm³/mol. The van der Waals surface area contributed by atoms with Crippen LogP contribution in [0.25, 0.3) is 0 Å². The number of likely N-dealkylation sites (tertiary alicyclic amines) is 1. The number of carbonyl (C=O) groups is 1. The van der Waals surface area contributed by atoms with E-state index in [1.807, 2.05) is 30.0 Å². The molecule has 1 aromatic carbocycles. The lowest BCUT2D eigenvalue weighted by atomic mass is 9.89. The molecule has 1 aliphatic rings. The van der Waals surface area contributed by atoms with E-state index in [9.17, 15) is 4.79 Å². The summed E-state index contributed by atoms with van der Waals surface area (Å²) in [5.41, 5.74) is 1.62. The van der Waals surface area contributed by atoms with Gasteiger partial charge in [0.15, 0.2) is 5.82 Å². The lowest BCUT2D eigenvalue weighted by Gasteiger charge is -2.18. The fourth-order valence-electron chi connectivity index (χ4n) is 3.70. The van der Waals surface area contributed by atoms with Crippen molar-refractivity contribution in [3.05, 3.63) is 71.5 Å². The fraction of sp³-hybridized carbons (Fsp3) is 0.333. The molecule has 1 amide bonds. The molecule has 3 aromatic rings. The Morgan fingerprint density at radius 3 is 2.68 bits per heavy atom. The molecule has 0 bridgehead atoms. The van der Waals surface area contributed by atoms with Crippen LogP contribution in [0.3, 0.4) is 0 Å². The molecule has 0 aliphatic carbocycles. The summed E-state index contributed by atoms with van der Waals surface area (Å²) >= 11 is 0. The van der Waals surface area contributed by atoms with Gasteiger partial charge in [0.2, 0.25) is 11.8 Å². The molecular formula is C21H22N4O3. The molecule has 0 unspecified atom stereocenters. The van der Waals surface area contributed by atoms with Crippen LogP contribution in [0.2, 0.25) is 0 Å². The van der Waals surface area contributed by atoms with Gasteiger partial charge in [-0.25, -0.2) is 4.98 Å². The molecule has 7 heteroatoms. The van der Waals surface area contributed by atoms with E-state index in [4.69, 9.17) is 9.26 Å². The summed E-state index contributed by atoms with van der Waals surface area (Å²) in [4.78, 5) is 23.7. The number of aryl methyl sites for hydroxylation is 1. The predicted octanol–water partition coefficient (Wildman–Crippen LogP) is 3.20. The van der Waals surface area contributed by atoms with Gasteiger partial charge in [-0.3, -0.25) is 4.79 Å². The maximum absolute atomic E-state index is 13.2. The molecule has 28 heavy (non-hydrogen) atoms. The van der Waals surface area contributed by atoms with Gasteiger partial charge in [0.1, 0.15) is 5.56 Å². The number of aromatic nitrogens is 3. The van der Waals surface area contributed by atoms with Crippen LogP contribution in [0, 0.1) is 6.92 Å². The quantitative estimate of drug-likeness (QED) is 0.678. The maximum Gasteiger partial charge on any atom is 0.259 e. The van der Waals surface area contributed by atoms with Crippen molar-refractivity contribution in [1.82, 2.24) is 20.0 Å². The minimum atomic E-state index is -0.101. The van der Waals surface area contributed by atoms with Gasteiger partial charge in [-0.2, -0.15) is 4.98 Å². The highest BCUT2D eigenvalue weighted by Crippen LogP contribution is 2.39. The number of ether oxygens (including phenoxy) is 1. The first-order valence-corrected chi connectivity index (χ1v) is 9.39. The smallest absolute Gasteiger partial charge is 0.259 e. The minimum absolute atomic E-state index is 0.0558. The molecular weight excluding hydrogens is 356 g/mol. The van der Waals surface area contributed by atoms with Gasteiger partial charge in [-0.05, 0) is 31.5 Å². The number of nitrogens with zero attached hydrogens (tertiary/aromatic N) is 4. The number of rotatable bonds is 5. The van der Waals surface area contributed by atoms with Crippen LogP contribution in [0.1, 0.15) is 46.4 Å². The molecule has 0 radical (unpaired) electrons. The largest absolute Gasteiger partial charge is 0.477 e. The first-order valence-electron chi connectivity index (χ1n) is 9.39.